The van der Waals surface area contributed by atoms with Crippen LogP contribution >= 0.6 is 15.9 Å². The van der Waals surface area contributed by atoms with Gasteiger partial charge in [-0.05, 0) is 50.3 Å². The maximum absolute atomic E-state index is 12.3. The molecule has 1 N–H and O–H groups in total. The summed E-state index contributed by atoms with van der Waals surface area (Å²) in [7, 11) is 0. The second kappa shape index (κ2) is 7.30. The van der Waals surface area contributed by atoms with E-state index in [0.717, 1.165) is 17.6 Å². The van der Waals surface area contributed by atoms with Crippen molar-refractivity contribution >= 4 is 21.8 Å². The summed E-state index contributed by atoms with van der Waals surface area (Å²) >= 11 is 3.61. The first-order chi connectivity index (χ1) is 10.0. The number of nitrogens with one attached hydrogen (secondary N) is 1. The molecule has 2 rings (SSSR count). The van der Waals surface area contributed by atoms with E-state index in [0.29, 0.717) is 5.56 Å². The molecule has 0 unspecified atom stereocenters. The van der Waals surface area contributed by atoms with Crippen LogP contribution in [0.5, 0.6) is 5.75 Å². The van der Waals surface area contributed by atoms with Crippen molar-refractivity contribution in [2.75, 3.05) is 11.9 Å². The third-order valence-electron chi connectivity index (χ3n) is 4.04. The number of carbonyl (C=O) groups excluding carboxylic acids is 1. The molecule has 1 aliphatic rings. The summed E-state index contributed by atoms with van der Waals surface area (Å²) < 4.78 is 5.64. The largest absolute Gasteiger partial charge is 0.491 e. The van der Waals surface area contributed by atoms with E-state index in [2.05, 4.69) is 21.2 Å². The molecule has 0 bridgehead atoms. The molecular weight excluding hydrogens is 330 g/mol. The van der Waals surface area contributed by atoms with Gasteiger partial charge in [0.2, 0.25) is 0 Å². The summed E-state index contributed by atoms with van der Waals surface area (Å²) in [4.78, 5) is 12.3. The summed E-state index contributed by atoms with van der Waals surface area (Å²) in [5.41, 5.74) is 0.901. The molecule has 4 heteroatoms. The number of benzene rings is 1. The molecule has 1 aromatic carbocycles. The van der Waals surface area contributed by atoms with Crippen LogP contribution in [0.15, 0.2) is 24.3 Å². The number of alkyl halides is 1. The minimum Gasteiger partial charge on any atom is -0.491 e. The standard InChI is InChI=1S/C17H24BrNO2/c1-13(2)21-15-7-5-6-14(10-15)16(20)19-12-17(11-18)8-3-4-9-17/h5-7,10,13H,3-4,8-9,11-12H2,1-2H3,(H,19,20). The number of amides is 1. The summed E-state index contributed by atoms with van der Waals surface area (Å²) in [6, 6.07) is 7.39. The van der Waals surface area contributed by atoms with Crippen LogP contribution < -0.4 is 10.1 Å². The van der Waals surface area contributed by atoms with E-state index < -0.39 is 0 Å². The Morgan fingerprint density at radius 3 is 2.71 bits per heavy atom. The van der Waals surface area contributed by atoms with E-state index in [1.807, 2.05) is 38.1 Å². The zero-order valence-electron chi connectivity index (χ0n) is 12.8. The zero-order valence-corrected chi connectivity index (χ0v) is 14.4. The van der Waals surface area contributed by atoms with Crippen LogP contribution in [0.25, 0.3) is 0 Å². The number of rotatable bonds is 6. The normalized spacial score (nSPS) is 17.0. The van der Waals surface area contributed by atoms with Gasteiger partial charge in [-0.15, -0.1) is 0 Å². The van der Waals surface area contributed by atoms with Gasteiger partial charge in [0.1, 0.15) is 5.75 Å². The average molecular weight is 354 g/mol. The van der Waals surface area contributed by atoms with Gasteiger partial charge < -0.3 is 10.1 Å². The van der Waals surface area contributed by atoms with Gasteiger partial charge >= 0.3 is 0 Å². The minimum absolute atomic E-state index is 0.0172. The Hall–Kier alpha value is -1.03. The summed E-state index contributed by atoms with van der Waals surface area (Å²) in [6.07, 6.45) is 5.01. The van der Waals surface area contributed by atoms with Gasteiger partial charge in [0.05, 0.1) is 6.10 Å². The highest BCUT2D eigenvalue weighted by Gasteiger charge is 2.33. The predicted octanol–water partition coefficient (Wildman–Crippen LogP) is 4.16. The number of hydrogen-bond donors (Lipinski definition) is 1. The van der Waals surface area contributed by atoms with E-state index in [4.69, 9.17) is 4.74 Å². The highest BCUT2D eigenvalue weighted by Crippen LogP contribution is 2.39. The van der Waals surface area contributed by atoms with Crippen molar-refractivity contribution in [3.05, 3.63) is 29.8 Å². The topological polar surface area (TPSA) is 38.3 Å². The number of halogens is 1. The molecule has 1 fully saturated rings. The Kier molecular flexibility index (Phi) is 5.68. The van der Waals surface area contributed by atoms with Crippen molar-refractivity contribution in [1.29, 1.82) is 0 Å². The van der Waals surface area contributed by atoms with Crippen LogP contribution in [0.2, 0.25) is 0 Å². The summed E-state index contributed by atoms with van der Waals surface area (Å²) in [6.45, 7) is 4.70. The van der Waals surface area contributed by atoms with E-state index in [1.54, 1.807) is 0 Å². The zero-order chi connectivity index (χ0) is 15.3. The molecule has 0 radical (unpaired) electrons. The van der Waals surface area contributed by atoms with Gasteiger partial charge in [-0.2, -0.15) is 0 Å². The Labute approximate surface area is 135 Å². The van der Waals surface area contributed by atoms with Gasteiger partial charge in [0.25, 0.3) is 5.91 Å². The van der Waals surface area contributed by atoms with Gasteiger partial charge in [0.15, 0.2) is 0 Å². The van der Waals surface area contributed by atoms with E-state index in [1.165, 1.54) is 25.7 Å². The maximum Gasteiger partial charge on any atom is 0.251 e. The van der Waals surface area contributed by atoms with Crippen molar-refractivity contribution in [3.63, 3.8) is 0 Å². The molecule has 1 aliphatic carbocycles. The fourth-order valence-corrected chi connectivity index (χ4v) is 3.59. The molecule has 1 saturated carbocycles. The highest BCUT2D eigenvalue weighted by atomic mass is 79.9. The first-order valence-electron chi connectivity index (χ1n) is 7.66. The molecular formula is C17H24BrNO2. The molecule has 0 spiro atoms. The summed E-state index contributed by atoms with van der Waals surface area (Å²) in [5, 5.41) is 4.04. The van der Waals surface area contributed by atoms with Gasteiger partial charge in [0, 0.05) is 17.4 Å². The third-order valence-corrected chi connectivity index (χ3v) is 5.23. The molecule has 0 aliphatic heterocycles. The van der Waals surface area contributed by atoms with Crippen LogP contribution in [-0.4, -0.2) is 23.9 Å². The molecule has 116 valence electrons. The molecule has 0 saturated heterocycles. The molecule has 1 aromatic rings. The quantitative estimate of drug-likeness (QED) is 0.779. The van der Waals surface area contributed by atoms with E-state index in [-0.39, 0.29) is 17.4 Å². The third kappa shape index (κ3) is 4.47. The Morgan fingerprint density at radius 2 is 2.10 bits per heavy atom. The molecule has 1 amide bonds. The average Bonchev–Trinajstić information content (AvgIpc) is 2.94. The molecule has 21 heavy (non-hydrogen) atoms. The molecule has 3 nitrogen and oxygen atoms in total. The van der Waals surface area contributed by atoms with Crippen molar-refractivity contribution in [3.8, 4) is 5.75 Å². The van der Waals surface area contributed by atoms with Crippen molar-refractivity contribution in [1.82, 2.24) is 5.32 Å². The van der Waals surface area contributed by atoms with Gasteiger partial charge in [-0.1, -0.05) is 34.8 Å². The lowest BCUT2D eigenvalue weighted by Crippen LogP contribution is -2.37. The number of carbonyl (C=O) groups is 1. The Morgan fingerprint density at radius 1 is 1.38 bits per heavy atom. The summed E-state index contributed by atoms with van der Waals surface area (Å²) in [5.74, 6) is 0.727. The monoisotopic (exact) mass is 353 g/mol. The van der Waals surface area contributed by atoms with Crippen molar-refractivity contribution in [2.45, 2.75) is 45.6 Å². The number of ether oxygens (including phenoxy) is 1. The van der Waals surface area contributed by atoms with Crippen LogP contribution in [0.3, 0.4) is 0 Å². The fourth-order valence-electron chi connectivity index (χ4n) is 2.84. The van der Waals surface area contributed by atoms with Gasteiger partial charge in [-0.3, -0.25) is 4.79 Å². The van der Waals surface area contributed by atoms with Crippen LogP contribution in [0, 0.1) is 5.41 Å². The van der Waals surface area contributed by atoms with E-state index >= 15 is 0 Å². The first-order valence-corrected chi connectivity index (χ1v) is 8.78. The SMILES string of the molecule is CC(C)Oc1cccc(C(=O)NCC2(CBr)CCCC2)c1. The second-order valence-corrected chi connectivity index (χ2v) is 6.78. The lowest BCUT2D eigenvalue weighted by molar-refractivity contribution is 0.0935. The Bertz CT molecular complexity index is 481. The van der Waals surface area contributed by atoms with Crippen LogP contribution in [-0.2, 0) is 0 Å². The molecule has 0 heterocycles. The first kappa shape index (κ1) is 16.3. The Balaban J connectivity index is 1.96. The lowest BCUT2D eigenvalue weighted by atomic mass is 9.89. The minimum atomic E-state index is -0.0172. The second-order valence-electron chi connectivity index (χ2n) is 6.22. The lowest BCUT2D eigenvalue weighted by Gasteiger charge is -2.26. The van der Waals surface area contributed by atoms with E-state index in [9.17, 15) is 4.79 Å². The van der Waals surface area contributed by atoms with Crippen molar-refractivity contribution in [2.24, 2.45) is 5.41 Å². The van der Waals surface area contributed by atoms with Gasteiger partial charge in [-0.25, -0.2) is 0 Å². The number of hydrogen-bond acceptors (Lipinski definition) is 2. The smallest absolute Gasteiger partial charge is 0.251 e. The predicted molar refractivity (Wildman–Crippen MR) is 89.2 cm³/mol. The molecule has 0 atom stereocenters. The highest BCUT2D eigenvalue weighted by molar-refractivity contribution is 9.09. The molecule has 0 aromatic heterocycles. The van der Waals surface area contributed by atoms with Crippen LogP contribution in [0.1, 0.15) is 49.9 Å². The fraction of sp³-hybridized carbons (Fsp3) is 0.588. The van der Waals surface area contributed by atoms with Crippen LogP contribution in [0.4, 0.5) is 0 Å². The van der Waals surface area contributed by atoms with Crippen molar-refractivity contribution < 1.29 is 9.53 Å². The maximum atomic E-state index is 12.3.